The number of benzene rings is 1. The first kappa shape index (κ1) is 15.8. The van der Waals surface area contributed by atoms with E-state index >= 15 is 0 Å². The lowest BCUT2D eigenvalue weighted by Gasteiger charge is -2.14. The predicted molar refractivity (Wildman–Crippen MR) is 82.9 cm³/mol. The molecule has 0 aliphatic carbocycles. The van der Waals surface area contributed by atoms with Gasteiger partial charge < -0.3 is 10.4 Å². The Morgan fingerprint density at radius 1 is 1.48 bits per heavy atom. The fourth-order valence-electron chi connectivity index (χ4n) is 2.95. The van der Waals surface area contributed by atoms with Gasteiger partial charge in [-0.2, -0.15) is 0 Å². The number of halogens is 1. The molecule has 3 rings (SSSR count). The standard InChI is InChI=1S/C16H18FN3O3/c17-7-10-2-1-3-12-15(10)16(23)20(9-19-12)8-11(21)6-13-14(22)4-5-18-13/h1-3,9,13-14,18,22H,4-8H2/t13-,14+/m1/s1. The van der Waals surface area contributed by atoms with Crippen LogP contribution in [0.15, 0.2) is 29.3 Å². The molecule has 0 radical (unpaired) electrons. The molecule has 0 bridgehead atoms. The molecule has 0 spiro atoms. The third kappa shape index (κ3) is 3.16. The number of hydrogen-bond donors (Lipinski definition) is 2. The number of nitrogens with one attached hydrogen (secondary N) is 1. The minimum Gasteiger partial charge on any atom is -0.391 e. The first-order valence-electron chi connectivity index (χ1n) is 7.56. The van der Waals surface area contributed by atoms with Gasteiger partial charge in [0.2, 0.25) is 0 Å². The van der Waals surface area contributed by atoms with Gasteiger partial charge in [0, 0.05) is 12.5 Å². The van der Waals surface area contributed by atoms with Crippen LogP contribution >= 0.6 is 0 Å². The second-order valence-corrected chi connectivity index (χ2v) is 5.78. The minimum absolute atomic E-state index is 0.132. The molecule has 1 saturated heterocycles. The Labute approximate surface area is 132 Å². The molecule has 0 saturated carbocycles. The number of rotatable bonds is 5. The predicted octanol–water partition coefficient (Wildman–Crippen LogP) is 0.548. The van der Waals surface area contributed by atoms with Gasteiger partial charge in [-0.15, -0.1) is 0 Å². The van der Waals surface area contributed by atoms with Gasteiger partial charge in [-0.1, -0.05) is 12.1 Å². The van der Waals surface area contributed by atoms with Crippen molar-refractivity contribution in [2.45, 2.75) is 38.2 Å². The maximum absolute atomic E-state index is 13.1. The molecule has 6 nitrogen and oxygen atoms in total. The zero-order valence-electron chi connectivity index (χ0n) is 12.5. The van der Waals surface area contributed by atoms with Gasteiger partial charge >= 0.3 is 0 Å². The van der Waals surface area contributed by atoms with Crippen molar-refractivity contribution in [2.24, 2.45) is 0 Å². The molecule has 0 unspecified atom stereocenters. The van der Waals surface area contributed by atoms with Crippen LogP contribution in [0, 0.1) is 0 Å². The summed E-state index contributed by atoms with van der Waals surface area (Å²) < 4.78 is 14.3. The highest BCUT2D eigenvalue weighted by Crippen LogP contribution is 2.14. The minimum atomic E-state index is -0.760. The van der Waals surface area contributed by atoms with Crippen molar-refractivity contribution in [1.82, 2.24) is 14.9 Å². The van der Waals surface area contributed by atoms with Crippen molar-refractivity contribution in [3.63, 3.8) is 0 Å². The summed E-state index contributed by atoms with van der Waals surface area (Å²) in [7, 11) is 0. The van der Waals surface area contributed by atoms with Gasteiger partial charge in [0.1, 0.15) is 6.67 Å². The number of hydrogen-bond acceptors (Lipinski definition) is 5. The Hall–Kier alpha value is -2.12. The largest absolute Gasteiger partial charge is 0.391 e. The van der Waals surface area contributed by atoms with E-state index in [9.17, 15) is 19.1 Å². The van der Waals surface area contributed by atoms with E-state index < -0.39 is 18.3 Å². The van der Waals surface area contributed by atoms with E-state index in [1.807, 2.05) is 0 Å². The zero-order chi connectivity index (χ0) is 16.4. The lowest BCUT2D eigenvalue weighted by Crippen LogP contribution is -2.34. The van der Waals surface area contributed by atoms with Gasteiger partial charge in [-0.25, -0.2) is 9.37 Å². The molecule has 122 valence electrons. The Morgan fingerprint density at radius 2 is 2.30 bits per heavy atom. The number of nitrogens with zero attached hydrogens (tertiary/aromatic N) is 2. The molecule has 0 amide bonds. The summed E-state index contributed by atoms with van der Waals surface area (Å²) in [5.74, 6) is -0.176. The van der Waals surface area contributed by atoms with Crippen LogP contribution in [0.1, 0.15) is 18.4 Å². The number of carbonyl (C=O) groups is 1. The highest BCUT2D eigenvalue weighted by Gasteiger charge is 2.26. The SMILES string of the molecule is O=C(C[C@H]1NCC[C@@H]1O)Cn1cnc2cccc(CF)c2c1=O. The highest BCUT2D eigenvalue weighted by molar-refractivity contribution is 5.82. The molecule has 7 heteroatoms. The van der Waals surface area contributed by atoms with E-state index in [0.29, 0.717) is 18.5 Å². The second kappa shape index (κ2) is 6.55. The van der Waals surface area contributed by atoms with Gasteiger partial charge in [-0.05, 0) is 24.6 Å². The fourth-order valence-corrected chi connectivity index (χ4v) is 2.95. The molecule has 2 heterocycles. The lowest BCUT2D eigenvalue weighted by molar-refractivity contribution is -0.120. The number of carbonyl (C=O) groups excluding carboxylic acids is 1. The monoisotopic (exact) mass is 319 g/mol. The number of Topliss-reactive ketones (excluding diaryl/α,β-unsaturated/α-hetero) is 1. The van der Waals surface area contributed by atoms with E-state index in [4.69, 9.17) is 0 Å². The normalized spacial score (nSPS) is 21.0. The van der Waals surface area contributed by atoms with Crippen LogP contribution in [0.5, 0.6) is 0 Å². The Bertz CT molecular complexity index is 790. The summed E-state index contributed by atoms with van der Waals surface area (Å²) in [6, 6.07) is 4.55. The van der Waals surface area contributed by atoms with Crippen LogP contribution in [0.3, 0.4) is 0 Å². The smallest absolute Gasteiger partial charge is 0.261 e. The van der Waals surface area contributed by atoms with Crippen molar-refractivity contribution in [2.75, 3.05) is 6.54 Å². The van der Waals surface area contributed by atoms with Crippen LogP contribution in [-0.4, -0.2) is 39.1 Å². The molecule has 2 aromatic rings. The third-order valence-corrected chi connectivity index (χ3v) is 4.19. The number of aromatic nitrogens is 2. The van der Waals surface area contributed by atoms with Gasteiger partial charge in [-0.3, -0.25) is 14.2 Å². The average Bonchev–Trinajstić information content (AvgIpc) is 2.94. The average molecular weight is 319 g/mol. The van der Waals surface area contributed by atoms with Crippen molar-refractivity contribution < 1.29 is 14.3 Å². The number of alkyl halides is 1. The van der Waals surface area contributed by atoms with Crippen molar-refractivity contribution in [3.8, 4) is 0 Å². The molecule has 1 aliphatic heterocycles. The van der Waals surface area contributed by atoms with Crippen LogP contribution in [0.4, 0.5) is 4.39 Å². The molecule has 1 aromatic carbocycles. The van der Waals surface area contributed by atoms with Crippen LogP contribution in [-0.2, 0) is 18.0 Å². The number of aliphatic hydroxyl groups excluding tert-OH is 1. The van der Waals surface area contributed by atoms with E-state index in [1.54, 1.807) is 12.1 Å². The lowest BCUT2D eigenvalue weighted by atomic mass is 10.1. The Balaban J connectivity index is 1.84. The molecular formula is C16H18FN3O3. The van der Waals surface area contributed by atoms with Crippen LogP contribution in [0.25, 0.3) is 10.9 Å². The van der Waals surface area contributed by atoms with Crippen molar-refractivity contribution >= 4 is 16.7 Å². The van der Waals surface area contributed by atoms with Gasteiger partial charge in [0.15, 0.2) is 5.78 Å². The summed E-state index contributed by atoms with van der Waals surface area (Å²) in [5, 5.41) is 13.0. The van der Waals surface area contributed by atoms with E-state index in [0.717, 1.165) is 0 Å². The Kier molecular flexibility index (Phi) is 4.49. The number of ketones is 1. The Morgan fingerprint density at radius 3 is 3.00 bits per heavy atom. The van der Waals surface area contributed by atoms with E-state index in [-0.39, 0.29) is 35.7 Å². The maximum Gasteiger partial charge on any atom is 0.261 e. The summed E-state index contributed by atoms with van der Waals surface area (Å²) in [6.07, 6.45) is 1.54. The zero-order valence-corrected chi connectivity index (χ0v) is 12.5. The van der Waals surface area contributed by atoms with Crippen LogP contribution in [0.2, 0.25) is 0 Å². The van der Waals surface area contributed by atoms with Crippen molar-refractivity contribution in [1.29, 1.82) is 0 Å². The molecule has 2 atom stereocenters. The number of aliphatic hydroxyl groups is 1. The highest BCUT2D eigenvalue weighted by atomic mass is 19.1. The quantitative estimate of drug-likeness (QED) is 0.841. The molecule has 23 heavy (non-hydrogen) atoms. The molecule has 2 N–H and O–H groups in total. The van der Waals surface area contributed by atoms with E-state index in [1.165, 1.54) is 17.0 Å². The van der Waals surface area contributed by atoms with Gasteiger partial charge in [0.25, 0.3) is 5.56 Å². The van der Waals surface area contributed by atoms with E-state index in [2.05, 4.69) is 10.3 Å². The maximum atomic E-state index is 13.1. The molecular weight excluding hydrogens is 301 g/mol. The topological polar surface area (TPSA) is 84.2 Å². The molecule has 1 fully saturated rings. The van der Waals surface area contributed by atoms with Crippen LogP contribution < -0.4 is 10.9 Å². The van der Waals surface area contributed by atoms with Gasteiger partial charge in [0.05, 0.1) is 29.9 Å². The molecule has 1 aromatic heterocycles. The summed E-state index contributed by atoms with van der Waals surface area (Å²) in [4.78, 5) is 28.8. The third-order valence-electron chi connectivity index (χ3n) is 4.19. The summed E-state index contributed by atoms with van der Waals surface area (Å²) >= 11 is 0. The second-order valence-electron chi connectivity index (χ2n) is 5.78. The summed E-state index contributed by atoms with van der Waals surface area (Å²) in [6.45, 7) is -0.214. The molecule has 1 aliphatic rings. The fraction of sp³-hybridized carbons (Fsp3) is 0.438. The first-order valence-corrected chi connectivity index (χ1v) is 7.56. The van der Waals surface area contributed by atoms with Crippen molar-refractivity contribution in [3.05, 3.63) is 40.4 Å². The first-order chi connectivity index (χ1) is 11.1. The summed E-state index contributed by atoms with van der Waals surface area (Å²) in [5.41, 5.74) is 0.271. The number of fused-ring (bicyclic) bond motifs is 1.